The number of hydrogen-bond donors (Lipinski definition) is 3. The quantitative estimate of drug-likeness (QED) is 0.434. The number of rotatable bonds is 7. The van der Waals surface area contributed by atoms with Gasteiger partial charge in [0.1, 0.15) is 6.07 Å². The molecule has 0 bridgehead atoms. The highest BCUT2D eigenvalue weighted by atomic mass is 35.5. The standard InChI is InChI=1S/C22H21ClF2N8O2/c23-17-15(7-12(18(24)25)8-16(17)32-5-3-11(4-6-32)21(34)35)29-22-30-19(28-13-1-2-13)20-27-10-14(9-26)33(20)31-22/h7-8,10-11,13,18H,1-6H2,(H,34,35)(H2,28,29,30,31). The first-order valence-corrected chi connectivity index (χ1v) is 11.5. The van der Waals surface area contributed by atoms with Crippen LogP contribution >= 0.6 is 11.6 Å². The van der Waals surface area contributed by atoms with Crippen LogP contribution in [0.3, 0.4) is 0 Å². The molecular formula is C22H21ClF2N8O2. The van der Waals surface area contributed by atoms with E-state index < -0.39 is 18.3 Å². The van der Waals surface area contributed by atoms with Crippen molar-refractivity contribution in [2.24, 2.45) is 5.92 Å². The molecule has 1 aromatic carbocycles. The molecule has 1 aliphatic carbocycles. The summed E-state index contributed by atoms with van der Waals surface area (Å²) in [6.45, 7) is 0.753. The molecule has 3 aromatic rings. The van der Waals surface area contributed by atoms with Crippen LogP contribution in [0, 0.1) is 17.2 Å². The van der Waals surface area contributed by atoms with Gasteiger partial charge in [-0.15, -0.1) is 5.10 Å². The number of carboxylic acid groups (broad SMARTS) is 1. The highest BCUT2D eigenvalue weighted by Gasteiger charge is 2.28. The molecular weight excluding hydrogens is 482 g/mol. The van der Waals surface area contributed by atoms with E-state index in [9.17, 15) is 23.9 Å². The monoisotopic (exact) mass is 502 g/mol. The Morgan fingerprint density at radius 1 is 1.26 bits per heavy atom. The molecule has 0 radical (unpaired) electrons. The lowest BCUT2D eigenvalue weighted by Gasteiger charge is -2.33. The van der Waals surface area contributed by atoms with Crippen molar-refractivity contribution in [2.75, 3.05) is 28.6 Å². The van der Waals surface area contributed by atoms with Gasteiger partial charge in [-0.2, -0.15) is 14.8 Å². The third-order valence-corrected chi connectivity index (χ3v) is 6.55. The molecule has 0 unspecified atom stereocenters. The molecule has 5 rings (SSSR count). The fourth-order valence-electron chi connectivity index (χ4n) is 4.09. The highest BCUT2D eigenvalue weighted by Crippen LogP contribution is 2.40. The number of carbonyl (C=O) groups is 1. The summed E-state index contributed by atoms with van der Waals surface area (Å²) in [7, 11) is 0. The van der Waals surface area contributed by atoms with Gasteiger partial charge >= 0.3 is 5.97 Å². The van der Waals surface area contributed by atoms with Crippen molar-refractivity contribution < 1.29 is 18.7 Å². The third-order valence-electron chi connectivity index (χ3n) is 6.15. The highest BCUT2D eigenvalue weighted by molar-refractivity contribution is 6.36. The second kappa shape index (κ2) is 9.14. The topological polar surface area (TPSA) is 131 Å². The molecule has 0 atom stereocenters. The predicted molar refractivity (Wildman–Crippen MR) is 124 cm³/mol. The summed E-state index contributed by atoms with van der Waals surface area (Å²) in [6, 6.07) is 4.83. The number of fused-ring (bicyclic) bond motifs is 1. The Balaban J connectivity index is 1.51. The minimum atomic E-state index is -2.75. The molecule has 2 aromatic heterocycles. The number of imidazole rings is 1. The van der Waals surface area contributed by atoms with E-state index in [0.717, 1.165) is 12.8 Å². The lowest BCUT2D eigenvalue weighted by Crippen LogP contribution is -2.36. The van der Waals surface area contributed by atoms with Gasteiger partial charge in [0.2, 0.25) is 5.95 Å². The van der Waals surface area contributed by atoms with E-state index in [1.807, 2.05) is 11.0 Å². The van der Waals surface area contributed by atoms with Crippen LogP contribution in [0.25, 0.3) is 5.65 Å². The van der Waals surface area contributed by atoms with Gasteiger partial charge in [0.15, 0.2) is 17.2 Å². The number of hydrogen-bond acceptors (Lipinski definition) is 8. The van der Waals surface area contributed by atoms with Crippen LogP contribution in [-0.4, -0.2) is 49.8 Å². The number of aliphatic carboxylic acids is 1. The van der Waals surface area contributed by atoms with Crippen LogP contribution in [0.5, 0.6) is 0 Å². The first-order valence-electron chi connectivity index (χ1n) is 11.1. The Bertz CT molecular complexity index is 1330. The summed E-state index contributed by atoms with van der Waals surface area (Å²) >= 11 is 6.65. The largest absolute Gasteiger partial charge is 0.481 e. The number of benzene rings is 1. The number of anilines is 4. The van der Waals surface area contributed by atoms with Crippen LogP contribution in [0.15, 0.2) is 18.3 Å². The minimum Gasteiger partial charge on any atom is -0.481 e. The number of piperidine rings is 1. The zero-order valence-corrected chi connectivity index (χ0v) is 19.1. The summed E-state index contributed by atoms with van der Waals surface area (Å²) in [5.41, 5.74) is 0.890. The Hall–Kier alpha value is -3.72. The number of alkyl halides is 2. The molecule has 1 aliphatic heterocycles. The van der Waals surface area contributed by atoms with E-state index in [-0.39, 0.29) is 34.0 Å². The van der Waals surface area contributed by atoms with Gasteiger partial charge in [0.05, 0.1) is 28.5 Å². The number of aromatic nitrogens is 4. The van der Waals surface area contributed by atoms with E-state index in [1.165, 1.54) is 22.8 Å². The molecule has 0 amide bonds. The zero-order valence-electron chi connectivity index (χ0n) is 18.4. The fourth-order valence-corrected chi connectivity index (χ4v) is 4.37. The Morgan fingerprint density at radius 2 is 2.00 bits per heavy atom. The van der Waals surface area contributed by atoms with Gasteiger partial charge in [-0.1, -0.05) is 11.6 Å². The number of carboxylic acids is 1. The maximum absolute atomic E-state index is 13.8. The van der Waals surface area contributed by atoms with Crippen molar-refractivity contribution in [3.8, 4) is 6.07 Å². The lowest BCUT2D eigenvalue weighted by molar-refractivity contribution is -0.142. The molecule has 182 valence electrons. The Labute approximate surface area is 203 Å². The van der Waals surface area contributed by atoms with Crippen molar-refractivity contribution in [3.05, 3.63) is 34.6 Å². The van der Waals surface area contributed by atoms with E-state index in [0.29, 0.717) is 43.1 Å². The van der Waals surface area contributed by atoms with Crippen LogP contribution in [0.1, 0.15) is 43.4 Å². The molecule has 3 heterocycles. The van der Waals surface area contributed by atoms with E-state index in [1.54, 1.807) is 0 Å². The maximum Gasteiger partial charge on any atom is 0.306 e. The number of halogens is 3. The van der Waals surface area contributed by atoms with Gasteiger partial charge in [0, 0.05) is 24.7 Å². The SMILES string of the molecule is N#Cc1cnc2c(NC3CC3)nc(Nc3cc(C(F)F)cc(N4CCC(C(=O)O)CC4)c3Cl)nn12. The summed E-state index contributed by atoms with van der Waals surface area (Å²) in [4.78, 5) is 21.8. The summed E-state index contributed by atoms with van der Waals surface area (Å²) in [6.07, 6.45) is 1.37. The molecule has 35 heavy (non-hydrogen) atoms. The number of nitrogens with one attached hydrogen (secondary N) is 2. The summed E-state index contributed by atoms with van der Waals surface area (Å²) in [5.74, 6) is -0.857. The van der Waals surface area contributed by atoms with Gasteiger partial charge in [0.25, 0.3) is 6.43 Å². The summed E-state index contributed by atoms with van der Waals surface area (Å²) < 4.78 is 28.8. The van der Waals surface area contributed by atoms with Gasteiger partial charge < -0.3 is 20.6 Å². The molecule has 0 spiro atoms. The molecule has 3 N–H and O–H groups in total. The van der Waals surface area contributed by atoms with Crippen molar-refractivity contribution in [2.45, 2.75) is 38.2 Å². The second-order valence-electron chi connectivity index (χ2n) is 8.62. The zero-order chi connectivity index (χ0) is 24.7. The van der Waals surface area contributed by atoms with Gasteiger partial charge in [-0.3, -0.25) is 4.79 Å². The van der Waals surface area contributed by atoms with Crippen molar-refractivity contribution in [1.29, 1.82) is 5.26 Å². The average Bonchev–Trinajstić information content (AvgIpc) is 3.56. The second-order valence-corrected chi connectivity index (χ2v) is 9.00. The molecule has 1 saturated carbocycles. The van der Waals surface area contributed by atoms with Crippen molar-refractivity contribution in [3.63, 3.8) is 0 Å². The minimum absolute atomic E-state index is 0.0546. The average molecular weight is 503 g/mol. The van der Waals surface area contributed by atoms with E-state index >= 15 is 0 Å². The van der Waals surface area contributed by atoms with Crippen LogP contribution in [0.2, 0.25) is 5.02 Å². The van der Waals surface area contributed by atoms with E-state index in [4.69, 9.17) is 11.6 Å². The van der Waals surface area contributed by atoms with Crippen molar-refractivity contribution >= 4 is 46.4 Å². The van der Waals surface area contributed by atoms with Crippen LogP contribution in [-0.2, 0) is 4.79 Å². The fraction of sp³-hybridized carbons (Fsp3) is 0.409. The van der Waals surface area contributed by atoms with Gasteiger partial charge in [-0.05, 0) is 37.8 Å². The first-order chi connectivity index (χ1) is 16.8. The summed E-state index contributed by atoms with van der Waals surface area (Å²) in [5, 5.41) is 29.4. The molecule has 10 nitrogen and oxygen atoms in total. The number of nitrogens with zero attached hydrogens (tertiary/aromatic N) is 6. The Kier molecular flexibility index (Phi) is 6.02. The molecule has 2 fully saturated rings. The first kappa shape index (κ1) is 23.0. The lowest BCUT2D eigenvalue weighted by atomic mass is 9.96. The van der Waals surface area contributed by atoms with Crippen molar-refractivity contribution in [1.82, 2.24) is 19.6 Å². The smallest absolute Gasteiger partial charge is 0.306 e. The molecule has 13 heteroatoms. The van der Waals surface area contributed by atoms with Crippen LogP contribution in [0.4, 0.5) is 31.9 Å². The van der Waals surface area contributed by atoms with E-state index in [2.05, 4.69) is 25.7 Å². The van der Waals surface area contributed by atoms with Gasteiger partial charge in [-0.25, -0.2) is 13.8 Å². The number of nitriles is 1. The molecule has 2 aliphatic rings. The normalized spacial score (nSPS) is 16.5. The maximum atomic E-state index is 13.8. The third kappa shape index (κ3) is 4.64. The molecule has 1 saturated heterocycles. The van der Waals surface area contributed by atoms with Crippen LogP contribution < -0.4 is 15.5 Å². The predicted octanol–water partition coefficient (Wildman–Crippen LogP) is 4.21. The Morgan fingerprint density at radius 3 is 2.63 bits per heavy atom.